The summed E-state index contributed by atoms with van der Waals surface area (Å²) in [5, 5.41) is 3.49. The van der Waals surface area contributed by atoms with Crippen molar-refractivity contribution in [3.63, 3.8) is 0 Å². The molecule has 1 fully saturated rings. The molecule has 1 heterocycles. The van der Waals surface area contributed by atoms with Crippen molar-refractivity contribution in [1.29, 1.82) is 0 Å². The van der Waals surface area contributed by atoms with Crippen molar-refractivity contribution in [3.8, 4) is 0 Å². The van der Waals surface area contributed by atoms with Crippen LogP contribution in [0.1, 0.15) is 24.8 Å². The van der Waals surface area contributed by atoms with Gasteiger partial charge < -0.3 is 5.32 Å². The quantitative estimate of drug-likeness (QED) is 0.840. The number of hydrogen-bond acceptors (Lipinski definition) is 3. The lowest BCUT2D eigenvalue weighted by atomic mass is 10.1. The van der Waals surface area contributed by atoms with Crippen molar-refractivity contribution in [1.82, 2.24) is 0 Å². The normalized spacial score (nSPS) is 16.3. The van der Waals surface area contributed by atoms with Gasteiger partial charge in [-0.1, -0.05) is 29.8 Å². The molecule has 0 aliphatic carbocycles. The second-order valence-corrected chi connectivity index (χ2v) is 8.77. The highest BCUT2D eigenvalue weighted by atomic mass is 35.5. The summed E-state index contributed by atoms with van der Waals surface area (Å²) in [4.78, 5) is 12.2. The molecule has 0 aromatic heterocycles. The van der Waals surface area contributed by atoms with E-state index >= 15 is 0 Å². The molecule has 0 radical (unpaired) electrons. The first-order chi connectivity index (χ1) is 12.4. The van der Waals surface area contributed by atoms with E-state index in [1.165, 1.54) is 4.31 Å². The number of sulfonamides is 1. The van der Waals surface area contributed by atoms with Gasteiger partial charge in [-0.05, 0) is 55.2 Å². The van der Waals surface area contributed by atoms with E-state index in [1.54, 1.807) is 30.3 Å². The average molecular weight is 393 g/mol. The van der Waals surface area contributed by atoms with E-state index in [-0.39, 0.29) is 11.7 Å². The Balaban J connectivity index is 1.64. The molecule has 2 aromatic carbocycles. The van der Waals surface area contributed by atoms with E-state index < -0.39 is 10.0 Å². The zero-order chi connectivity index (χ0) is 18.6. The lowest BCUT2D eigenvalue weighted by molar-refractivity contribution is -0.116. The fraction of sp³-hybridized carbons (Fsp3) is 0.316. The van der Waals surface area contributed by atoms with Crippen LogP contribution in [0, 0.1) is 0 Å². The summed E-state index contributed by atoms with van der Waals surface area (Å²) in [6.45, 7) is 0.481. The number of rotatable bonds is 5. The summed E-state index contributed by atoms with van der Waals surface area (Å²) in [5.41, 5.74) is 2.19. The van der Waals surface area contributed by atoms with Crippen molar-refractivity contribution >= 4 is 38.9 Å². The number of amides is 1. The third kappa shape index (κ3) is 4.77. The topological polar surface area (TPSA) is 66.5 Å². The van der Waals surface area contributed by atoms with Gasteiger partial charge in [-0.2, -0.15) is 0 Å². The van der Waals surface area contributed by atoms with Gasteiger partial charge in [0.15, 0.2) is 0 Å². The lowest BCUT2D eigenvalue weighted by Crippen LogP contribution is -2.37. The maximum absolute atomic E-state index is 12.2. The van der Waals surface area contributed by atoms with Crippen LogP contribution in [0.5, 0.6) is 0 Å². The number of nitrogens with zero attached hydrogens (tertiary/aromatic N) is 1. The Hall–Kier alpha value is -2.05. The number of carbonyl (C=O) groups excluding carboxylic acids is 1. The first kappa shape index (κ1) is 18.7. The molecule has 1 saturated heterocycles. The molecule has 1 N–H and O–H groups in total. The molecule has 3 rings (SSSR count). The van der Waals surface area contributed by atoms with Crippen molar-refractivity contribution < 1.29 is 13.2 Å². The number of benzene rings is 2. The molecule has 26 heavy (non-hydrogen) atoms. The predicted molar refractivity (Wildman–Crippen MR) is 105 cm³/mol. The second kappa shape index (κ2) is 8.10. The number of anilines is 2. The monoisotopic (exact) mass is 392 g/mol. The highest BCUT2D eigenvalue weighted by Crippen LogP contribution is 2.26. The van der Waals surface area contributed by atoms with Gasteiger partial charge in [0.05, 0.1) is 11.4 Å². The van der Waals surface area contributed by atoms with E-state index in [0.717, 1.165) is 12.0 Å². The molecule has 5 nitrogen and oxygen atoms in total. The van der Waals surface area contributed by atoms with Crippen molar-refractivity contribution in [3.05, 3.63) is 59.1 Å². The number of aryl methyl sites for hydroxylation is 1. The van der Waals surface area contributed by atoms with Crippen molar-refractivity contribution in [2.45, 2.75) is 25.7 Å². The van der Waals surface area contributed by atoms with Gasteiger partial charge in [0.1, 0.15) is 0 Å². The maximum atomic E-state index is 12.2. The van der Waals surface area contributed by atoms with Gasteiger partial charge in [0.2, 0.25) is 15.9 Å². The van der Waals surface area contributed by atoms with E-state index in [9.17, 15) is 13.2 Å². The van der Waals surface area contributed by atoms with Gasteiger partial charge >= 0.3 is 0 Å². The molecular formula is C19H21ClN2O3S. The summed E-state index contributed by atoms with van der Waals surface area (Å²) in [7, 11) is -3.26. The average Bonchev–Trinajstić information content (AvgIpc) is 2.60. The van der Waals surface area contributed by atoms with Crippen LogP contribution in [0.15, 0.2) is 48.5 Å². The largest absolute Gasteiger partial charge is 0.326 e. The molecule has 0 spiro atoms. The van der Waals surface area contributed by atoms with Crippen LogP contribution in [0.4, 0.5) is 11.4 Å². The van der Waals surface area contributed by atoms with E-state index in [2.05, 4.69) is 5.32 Å². The molecule has 1 amide bonds. The van der Waals surface area contributed by atoms with Gasteiger partial charge in [-0.15, -0.1) is 0 Å². The molecule has 0 bridgehead atoms. The van der Waals surface area contributed by atoms with Crippen molar-refractivity contribution in [2.24, 2.45) is 0 Å². The summed E-state index contributed by atoms with van der Waals surface area (Å²) >= 11 is 5.95. The second-order valence-electron chi connectivity index (χ2n) is 6.32. The Morgan fingerprint density at radius 3 is 2.69 bits per heavy atom. The van der Waals surface area contributed by atoms with Gasteiger partial charge in [-0.3, -0.25) is 9.10 Å². The Morgan fingerprint density at radius 1 is 1.12 bits per heavy atom. The van der Waals surface area contributed by atoms with Gasteiger partial charge in [0, 0.05) is 23.7 Å². The van der Waals surface area contributed by atoms with E-state index in [4.69, 9.17) is 11.6 Å². The highest BCUT2D eigenvalue weighted by molar-refractivity contribution is 7.92. The van der Waals surface area contributed by atoms with Crippen LogP contribution in [-0.2, 0) is 21.2 Å². The van der Waals surface area contributed by atoms with Crippen LogP contribution in [0.25, 0.3) is 0 Å². The minimum atomic E-state index is -3.26. The summed E-state index contributed by atoms with van der Waals surface area (Å²) in [6, 6.07) is 14.4. The van der Waals surface area contributed by atoms with Crippen LogP contribution < -0.4 is 9.62 Å². The zero-order valence-electron chi connectivity index (χ0n) is 14.3. The van der Waals surface area contributed by atoms with Crippen LogP contribution >= 0.6 is 11.6 Å². The fourth-order valence-corrected chi connectivity index (χ4v) is 4.84. The molecule has 138 valence electrons. The Bertz CT molecular complexity index is 899. The molecule has 0 atom stereocenters. The Morgan fingerprint density at radius 2 is 1.92 bits per heavy atom. The predicted octanol–water partition coefficient (Wildman–Crippen LogP) is 3.84. The maximum Gasteiger partial charge on any atom is 0.235 e. The van der Waals surface area contributed by atoms with E-state index in [1.807, 2.05) is 18.2 Å². The lowest BCUT2D eigenvalue weighted by Gasteiger charge is -2.28. The molecule has 0 saturated carbocycles. The molecule has 7 heteroatoms. The molecule has 1 aliphatic heterocycles. The summed E-state index contributed by atoms with van der Waals surface area (Å²) in [6.07, 6.45) is 2.45. The molecule has 2 aromatic rings. The minimum Gasteiger partial charge on any atom is -0.326 e. The fourth-order valence-electron chi connectivity index (χ4n) is 2.99. The summed E-state index contributed by atoms with van der Waals surface area (Å²) < 4.78 is 25.9. The third-order valence-corrected chi connectivity index (χ3v) is 6.40. The highest BCUT2D eigenvalue weighted by Gasteiger charge is 2.26. The Labute approximate surface area is 159 Å². The molecular weight excluding hydrogens is 372 g/mol. The third-order valence-electron chi connectivity index (χ3n) is 4.30. The summed E-state index contributed by atoms with van der Waals surface area (Å²) in [5.74, 6) is 0.0482. The number of nitrogens with one attached hydrogen (secondary N) is 1. The van der Waals surface area contributed by atoms with Crippen LogP contribution in [0.2, 0.25) is 5.02 Å². The van der Waals surface area contributed by atoms with Crippen LogP contribution in [-0.4, -0.2) is 26.6 Å². The van der Waals surface area contributed by atoms with E-state index in [0.29, 0.717) is 42.2 Å². The standard InChI is InChI=1S/C19H21ClN2O3S/c20-16-6-3-5-15(13-16)9-10-19(23)21-17-7-4-8-18(14-17)22-11-1-2-12-26(22,24)25/h3-8,13-14H,1-2,9-12H2,(H,21,23). The van der Waals surface area contributed by atoms with Gasteiger partial charge in [-0.25, -0.2) is 8.42 Å². The number of carbonyl (C=O) groups is 1. The Kier molecular flexibility index (Phi) is 5.84. The molecule has 1 aliphatic rings. The minimum absolute atomic E-state index is 0.122. The first-order valence-electron chi connectivity index (χ1n) is 8.59. The SMILES string of the molecule is O=C(CCc1cccc(Cl)c1)Nc1cccc(N2CCCCS2(=O)=O)c1. The van der Waals surface area contributed by atoms with Crippen LogP contribution in [0.3, 0.4) is 0 Å². The number of halogens is 1. The molecule has 0 unspecified atom stereocenters. The van der Waals surface area contributed by atoms with Crippen molar-refractivity contribution in [2.75, 3.05) is 21.9 Å². The smallest absolute Gasteiger partial charge is 0.235 e. The number of hydrogen-bond donors (Lipinski definition) is 1. The van der Waals surface area contributed by atoms with Gasteiger partial charge in [0.25, 0.3) is 0 Å². The first-order valence-corrected chi connectivity index (χ1v) is 10.6. The zero-order valence-corrected chi connectivity index (χ0v) is 15.9.